The molecule has 7 heteroatoms. The predicted octanol–water partition coefficient (Wildman–Crippen LogP) is 2.99. The number of fused-ring (bicyclic) bond motifs is 1. The van der Waals surface area contributed by atoms with Gasteiger partial charge in [-0.15, -0.1) is 5.10 Å². The van der Waals surface area contributed by atoms with Gasteiger partial charge >= 0.3 is 0 Å². The highest BCUT2D eigenvalue weighted by molar-refractivity contribution is 7.98. The van der Waals surface area contributed by atoms with Gasteiger partial charge in [0.1, 0.15) is 6.04 Å². The monoisotopic (exact) mass is 329 g/mol. The van der Waals surface area contributed by atoms with Crippen molar-refractivity contribution in [1.29, 1.82) is 0 Å². The molecule has 1 unspecified atom stereocenters. The van der Waals surface area contributed by atoms with E-state index in [1.807, 2.05) is 29.4 Å². The minimum Gasteiger partial charge on any atom is -0.367 e. The van der Waals surface area contributed by atoms with Gasteiger partial charge < -0.3 is 10.3 Å². The topological polar surface area (TPSA) is 75.6 Å². The van der Waals surface area contributed by atoms with Crippen LogP contribution in [0.2, 0.25) is 0 Å². The zero-order chi connectivity index (χ0) is 16.2. The van der Waals surface area contributed by atoms with E-state index >= 15 is 0 Å². The number of carbonyl (C=O) groups excluding carboxylic acids is 1. The molecule has 0 spiro atoms. The maximum absolute atomic E-state index is 12.9. The first kappa shape index (κ1) is 14.6. The van der Waals surface area contributed by atoms with Crippen LogP contribution in [0, 0.1) is 5.41 Å². The maximum atomic E-state index is 12.9. The van der Waals surface area contributed by atoms with Crippen molar-refractivity contribution >= 4 is 23.5 Å². The number of carbonyl (C=O) groups is 1. The summed E-state index contributed by atoms with van der Waals surface area (Å²) in [5.74, 6) is 0.909. The lowest BCUT2D eigenvalue weighted by atomic mass is 9.73. The molecule has 1 atom stereocenters. The van der Waals surface area contributed by atoms with Crippen LogP contribution >= 0.6 is 11.8 Å². The number of rotatable bonds is 2. The summed E-state index contributed by atoms with van der Waals surface area (Å²) in [4.78, 5) is 20.5. The summed E-state index contributed by atoms with van der Waals surface area (Å²) in [5, 5.41) is 8.64. The van der Waals surface area contributed by atoms with Crippen LogP contribution in [0.15, 0.2) is 34.9 Å². The van der Waals surface area contributed by atoms with E-state index in [4.69, 9.17) is 0 Å². The molecule has 1 aliphatic carbocycles. The van der Waals surface area contributed by atoms with E-state index < -0.39 is 0 Å². The minimum atomic E-state index is -0.204. The lowest BCUT2D eigenvalue weighted by Gasteiger charge is -2.37. The lowest BCUT2D eigenvalue weighted by Crippen LogP contribution is -2.36. The minimum absolute atomic E-state index is 0.0316. The zero-order valence-electron chi connectivity index (χ0n) is 13.4. The molecule has 0 bridgehead atoms. The number of Topliss-reactive ketones (excluding diaryl/α,β-unsaturated/α-hetero) is 1. The van der Waals surface area contributed by atoms with Crippen molar-refractivity contribution in [2.24, 2.45) is 5.41 Å². The van der Waals surface area contributed by atoms with E-state index in [0.29, 0.717) is 17.5 Å². The number of H-pyrrole nitrogens is 1. The van der Waals surface area contributed by atoms with E-state index in [1.54, 1.807) is 0 Å². The van der Waals surface area contributed by atoms with Gasteiger partial charge in [0.2, 0.25) is 11.1 Å². The molecule has 2 aromatic rings. The van der Waals surface area contributed by atoms with E-state index in [2.05, 4.69) is 34.2 Å². The van der Waals surface area contributed by atoms with E-state index in [1.165, 1.54) is 11.8 Å². The highest BCUT2D eigenvalue weighted by Crippen LogP contribution is 2.45. The van der Waals surface area contributed by atoms with Crippen LogP contribution in [-0.2, 0) is 4.79 Å². The highest BCUT2D eigenvalue weighted by atomic mass is 32.2. The Balaban J connectivity index is 1.90. The smallest absolute Gasteiger partial charge is 0.227 e. The first-order chi connectivity index (χ1) is 11.0. The van der Waals surface area contributed by atoms with Crippen LogP contribution in [-0.4, -0.2) is 31.8 Å². The number of hydrogen-bond donors (Lipinski definition) is 2. The largest absolute Gasteiger partial charge is 0.367 e. The number of nitrogens with zero attached hydrogens (tertiary/aromatic N) is 3. The van der Waals surface area contributed by atoms with E-state index in [9.17, 15) is 4.79 Å². The van der Waals surface area contributed by atoms with E-state index in [-0.39, 0.29) is 17.2 Å². The quantitative estimate of drug-likeness (QED) is 0.829. The van der Waals surface area contributed by atoms with Crippen molar-refractivity contribution in [2.45, 2.75) is 37.9 Å². The third kappa shape index (κ3) is 2.30. The van der Waals surface area contributed by atoms with Crippen molar-refractivity contribution in [2.75, 3.05) is 11.6 Å². The Morgan fingerprint density at radius 1 is 1.39 bits per heavy atom. The maximum Gasteiger partial charge on any atom is 0.227 e. The van der Waals surface area contributed by atoms with Crippen LogP contribution in [0.1, 0.15) is 38.3 Å². The van der Waals surface area contributed by atoms with Gasteiger partial charge in [-0.05, 0) is 29.7 Å². The fourth-order valence-electron chi connectivity index (χ4n) is 3.49. The Morgan fingerprint density at radius 2 is 2.22 bits per heavy atom. The molecular formula is C16H19N5OS. The molecule has 3 heterocycles. The molecule has 0 amide bonds. The molecule has 0 saturated heterocycles. The highest BCUT2D eigenvalue weighted by Gasteiger charge is 2.41. The summed E-state index contributed by atoms with van der Waals surface area (Å²) >= 11 is 1.50. The summed E-state index contributed by atoms with van der Waals surface area (Å²) in [6.45, 7) is 4.27. The van der Waals surface area contributed by atoms with Crippen LogP contribution < -0.4 is 5.32 Å². The van der Waals surface area contributed by atoms with Gasteiger partial charge in [-0.25, -0.2) is 4.68 Å². The number of aromatic nitrogens is 4. The first-order valence-corrected chi connectivity index (χ1v) is 8.87. The molecule has 0 radical (unpaired) electrons. The molecule has 0 saturated carbocycles. The summed E-state index contributed by atoms with van der Waals surface area (Å²) in [7, 11) is 0. The van der Waals surface area contributed by atoms with Gasteiger partial charge in [0.15, 0.2) is 5.78 Å². The molecule has 2 aliphatic rings. The predicted molar refractivity (Wildman–Crippen MR) is 89.4 cm³/mol. The van der Waals surface area contributed by atoms with Crippen LogP contribution in [0.5, 0.6) is 0 Å². The summed E-state index contributed by atoms with van der Waals surface area (Å²) < 4.78 is 1.84. The van der Waals surface area contributed by atoms with Gasteiger partial charge in [0.05, 0.1) is 0 Å². The number of aromatic amines is 1. The average molecular weight is 329 g/mol. The number of anilines is 1. The molecule has 2 aromatic heterocycles. The Morgan fingerprint density at radius 3 is 2.91 bits per heavy atom. The molecule has 23 heavy (non-hydrogen) atoms. The standard InChI is InChI=1S/C16H19N5OS/c1-16(2)6-10-12(11(22)7-16)13(9-4-5-17-8-9)21-14(18-10)19-15(20-21)23-3/h4-5,8,13,17H,6-7H2,1-3H3,(H,18,19,20). The molecule has 0 fully saturated rings. The first-order valence-electron chi connectivity index (χ1n) is 7.65. The number of ketones is 1. The average Bonchev–Trinajstić information content (AvgIpc) is 3.12. The second-order valence-corrected chi connectivity index (χ2v) is 7.65. The summed E-state index contributed by atoms with van der Waals surface area (Å²) in [5.41, 5.74) is 2.82. The number of thioether (sulfide) groups is 1. The van der Waals surface area contributed by atoms with Crippen molar-refractivity contribution < 1.29 is 4.79 Å². The van der Waals surface area contributed by atoms with Crippen molar-refractivity contribution in [1.82, 2.24) is 19.7 Å². The summed E-state index contributed by atoms with van der Waals surface area (Å²) in [6, 6.07) is 1.79. The van der Waals surface area contributed by atoms with Gasteiger partial charge in [0.25, 0.3) is 0 Å². The van der Waals surface area contributed by atoms with Crippen molar-refractivity contribution in [3.8, 4) is 0 Å². The van der Waals surface area contributed by atoms with Gasteiger partial charge in [-0.3, -0.25) is 4.79 Å². The Kier molecular flexibility index (Phi) is 3.16. The number of allylic oxidation sites excluding steroid dienone is 2. The van der Waals surface area contributed by atoms with Crippen LogP contribution in [0.4, 0.5) is 5.95 Å². The SMILES string of the molecule is CSc1nc2n(n1)C(c1cc[nH]c1)C1=C(CC(C)(C)CC1=O)N2. The molecule has 120 valence electrons. The fraction of sp³-hybridized carbons (Fsp3) is 0.438. The number of nitrogens with one attached hydrogen (secondary N) is 2. The third-order valence-corrected chi connectivity index (χ3v) is 4.97. The second kappa shape index (κ2) is 4.99. The second-order valence-electron chi connectivity index (χ2n) is 6.87. The van der Waals surface area contributed by atoms with Crippen LogP contribution in [0.3, 0.4) is 0 Å². The molecular weight excluding hydrogens is 310 g/mol. The zero-order valence-corrected chi connectivity index (χ0v) is 14.2. The molecule has 0 aromatic carbocycles. The normalized spacial score (nSPS) is 22.6. The number of hydrogen-bond acceptors (Lipinski definition) is 5. The fourth-order valence-corrected chi connectivity index (χ4v) is 3.84. The Labute approximate surface area is 138 Å². The van der Waals surface area contributed by atoms with Gasteiger partial charge in [-0.2, -0.15) is 4.98 Å². The third-order valence-electron chi connectivity index (χ3n) is 4.43. The van der Waals surface area contributed by atoms with Gasteiger partial charge in [0, 0.05) is 30.1 Å². The van der Waals surface area contributed by atoms with Crippen molar-refractivity contribution in [3.63, 3.8) is 0 Å². The Hall–Kier alpha value is -2.02. The van der Waals surface area contributed by atoms with Gasteiger partial charge in [-0.1, -0.05) is 25.6 Å². The summed E-state index contributed by atoms with van der Waals surface area (Å²) in [6.07, 6.45) is 7.16. The lowest BCUT2D eigenvalue weighted by molar-refractivity contribution is -0.118. The van der Waals surface area contributed by atoms with Crippen LogP contribution in [0.25, 0.3) is 0 Å². The van der Waals surface area contributed by atoms with E-state index in [0.717, 1.165) is 23.3 Å². The Bertz CT molecular complexity index is 803. The molecule has 1 aliphatic heterocycles. The molecule has 2 N–H and O–H groups in total. The van der Waals surface area contributed by atoms with Crippen molar-refractivity contribution in [3.05, 3.63) is 35.3 Å². The molecule has 6 nitrogen and oxygen atoms in total. The molecule has 4 rings (SSSR count).